The number of amides is 1. The predicted molar refractivity (Wildman–Crippen MR) is 78.8 cm³/mol. The van der Waals surface area contributed by atoms with Crippen LogP contribution in [0.3, 0.4) is 0 Å². The summed E-state index contributed by atoms with van der Waals surface area (Å²) in [6.07, 6.45) is 1.37. The van der Waals surface area contributed by atoms with Gasteiger partial charge < -0.3 is 15.5 Å². The average molecular weight is 289 g/mol. The molecular weight excluding hydrogens is 276 g/mol. The minimum Gasteiger partial charge on any atom is -0.452 e. The summed E-state index contributed by atoms with van der Waals surface area (Å²) < 4.78 is 4.89. The Bertz CT molecular complexity index is 695. The van der Waals surface area contributed by atoms with Gasteiger partial charge in [-0.1, -0.05) is 11.8 Å². The summed E-state index contributed by atoms with van der Waals surface area (Å²) in [7, 11) is 0. The number of nitrogens with one attached hydrogen (secondary N) is 1. The lowest BCUT2D eigenvalue weighted by atomic mass is 10.1. The van der Waals surface area contributed by atoms with Crippen LogP contribution < -0.4 is 11.1 Å². The SMILES string of the molecule is Cc1cc(C#CCN)ccc1NC(=O)c1ccoc1Cl. The Morgan fingerprint density at radius 2 is 2.25 bits per heavy atom. The number of rotatable bonds is 2. The Labute approximate surface area is 121 Å². The van der Waals surface area contributed by atoms with E-state index in [0.29, 0.717) is 17.8 Å². The number of furan rings is 1. The molecule has 0 aliphatic carbocycles. The molecule has 3 N–H and O–H groups in total. The van der Waals surface area contributed by atoms with E-state index in [-0.39, 0.29) is 11.1 Å². The molecule has 0 unspecified atom stereocenters. The summed E-state index contributed by atoms with van der Waals surface area (Å²) in [4.78, 5) is 12.0. The summed E-state index contributed by atoms with van der Waals surface area (Å²) in [5.41, 5.74) is 8.09. The first-order chi connectivity index (χ1) is 9.61. The fourth-order valence-corrected chi connectivity index (χ4v) is 1.88. The van der Waals surface area contributed by atoms with Gasteiger partial charge in [-0.3, -0.25) is 4.79 Å². The van der Waals surface area contributed by atoms with Crippen LogP contribution in [-0.2, 0) is 0 Å². The maximum Gasteiger partial charge on any atom is 0.260 e. The highest BCUT2D eigenvalue weighted by Crippen LogP contribution is 2.21. The van der Waals surface area contributed by atoms with Crippen LogP contribution in [0, 0.1) is 18.8 Å². The molecule has 102 valence electrons. The smallest absolute Gasteiger partial charge is 0.260 e. The van der Waals surface area contributed by atoms with Gasteiger partial charge in [-0.25, -0.2) is 0 Å². The number of hydrogen-bond donors (Lipinski definition) is 2. The Balaban J connectivity index is 2.18. The number of nitrogens with two attached hydrogens (primary N) is 1. The molecule has 2 rings (SSSR count). The molecule has 1 aromatic heterocycles. The van der Waals surface area contributed by atoms with Crippen molar-refractivity contribution in [2.45, 2.75) is 6.92 Å². The lowest BCUT2D eigenvalue weighted by Crippen LogP contribution is -2.12. The molecule has 2 aromatic rings. The number of benzene rings is 1. The van der Waals surface area contributed by atoms with Crippen LogP contribution in [0.4, 0.5) is 5.69 Å². The first-order valence-corrected chi connectivity index (χ1v) is 6.33. The second kappa shape index (κ2) is 6.29. The van der Waals surface area contributed by atoms with E-state index in [1.807, 2.05) is 19.1 Å². The van der Waals surface area contributed by atoms with Crippen molar-refractivity contribution in [2.24, 2.45) is 5.73 Å². The summed E-state index contributed by atoms with van der Waals surface area (Å²) >= 11 is 5.77. The van der Waals surface area contributed by atoms with Crippen LogP contribution in [0.2, 0.25) is 5.22 Å². The summed E-state index contributed by atoms with van der Waals surface area (Å²) in [5, 5.41) is 2.86. The van der Waals surface area contributed by atoms with Gasteiger partial charge in [0.05, 0.1) is 18.4 Å². The molecule has 0 spiro atoms. The molecule has 1 heterocycles. The maximum absolute atomic E-state index is 12.0. The highest BCUT2D eigenvalue weighted by molar-refractivity contribution is 6.32. The number of anilines is 1. The third-order valence-corrected chi connectivity index (χ3v) is 2.96. The van der Waals surface area contributed by atoms with Crippen molar-refractivity contribution < 1.29 is 9.21 Å². The lowest BCUT2D eigenvalue weighted by molar-refractivity contribution is 0.102. The van der Waals surface area contributed by atoms with Crippen molar-refractivity contribution in [3.8, 4) is 11.8 Å². The van der Waals surface area contributed by atoms with Crippen molar-refractivity contribution in [2.75, 3.05) is 11.9 Å². The fraction of sp³-hybridized carbons (Fsp3) is 0.133. The first-order valence-electron chi connectivity index (χ1n) is 5.95. The molecule has 0 atom stereocenters. The molecule has 5 heteroatoms. The molecule has 0 radical (unpaired) electrons. The van der Waals surface area contributed by atoms with Gasteiger partial charge in [-0.2, -0.15) is 0 Å². The van der Waals surface area contributed by atoms with Crippen molar-refractivity contribution in [3.63, 3.8) is 0 Å². The molecule has 4 nitrogen and oxygen atoms in total. The summed E-state index contributed by atoms with van der Waals surface area (Å²) in [5.74, 6) is 5.41. The molecule has 0 aliphatic heterocycles. The van der Waals surface area contributed by atoms with Crippen LogP contribution in [0.5, 0.6) is 0 Å². The molecule has 0 aliphatic rings. The molecule has 1 amide bonds. The number of aryl methyl sites for hydroxylation is 1. The van der Waals surface area contributed by atoms with Crippen LogP contribution in [0.1, 0.15) is 21.5 Å². The molecule has 0 fully saturated rings. The van der Waals surface area contributed by atoms with Gasteiger partial charge in [0.15, 0.2) is 0 Å². The van der Waals surface area contributed by atoms with E-state index in [0.717, 1.165) is 11.1 Å². The van der Waals surface area contributed by atoms with Crippen molar-refractivity contribution in [1.82, 2.24) is 0 Å². The Kier molecular flexibility index (Phi) is 4.46. The molecule has 0 saturated carbocycles. The number of halogens is 1. The lowest BCUT2D eigenvalue weighted by Gasteiger charge is -2.08. The van der Waals surface area contributed by atoms with Crippen LogP contribution in [0.25, 0.3) is 0 Å². The summed E-state index contributed by atoms with van der Waals surface area (Å²) in [6.45, 7) is 2.21. The fourth-order valence-electron chi connectivity index (χ4n) is 1.68. The first kappa shape index (κ1) is 14.2. The van der Waals surface area contributed by atoms with E-state index in [9.17, 15) is 4.79 Å². The van der Waals surface area contributed by atoms with E-state index >= 15 is 0 Å². The van der Waals surface area contributed by atoms with Gasteiger partial charge in [0, 0.05) is 11.3 Å². The Hall–Kier alpha value is -2.22. The van der Waals surface area contributed by atoms with Gasteiger partial charge in [0.2, 0.25) is 5.22 Å². The third-order valence-electron chi connectivity index (χ3n) is 2.67. The molecule has 1 aromatic carbocycles. The highest BCUT2D eigenvalue weighted by atomic mass is 35.5. The third kappa shape index (κ3) is 3.21. The highest BCUT2D eigenvalue weighted by Gasteiger charge is 2.13. The zero-order chi connectivity index (χ0) is 14.5. The van der Waals surface area contributed by atoms with Crippen LogP contribution in [0.15, 0.2) is 34.9 Å². The average Bonchev–Trinajstić information content (AvgIpc) is 2.85. The second-order valence-corrected chi connectivity index (χ2v) is 4.44. The van der Waals surface area contributed by atoms with Crippen molar-refractivity contribution in [3.05, 3.63) is 52.4 Å². The molecule has 0 saturated heterocycles. The zero-order valence-electron chi connectivity index (χ0n) is 10.9. The normalized spacial score (nSPS) is 9.75. The van der Waals surface area contributed by atoms with E-state index in [1.54, 1.807) is 6.07 Å². The van der Waals surface area contributed by atoms with Crippen LogP contribution in [-0.4, -0.2) is 12.5 Å². The topological polar surface area (TPSA) is 68.3 Å². The Morgan fingerprint density at radius 3 is 2.85 bits per heavy atom. The van der Waals surface area contributed by atoms with Crippen molar-refractivity contribution in [1.29, 1.82) is 0 Å². The number of hydrogen-bond acceptors (Lipinski definition) is 3. The van der Waals surface area contributed by atoms with Gasteiger partial charge in [-0.05, 0) is 48.4 Å². The van der Waals surface area contributed by atoms with E-state index in [2.05, 4.69) is 17.2 Å². The second-order valence-electron chi connectivity index (χ2n) is 4.10. The van der Waals surface area contributed by atoms with Gasteiger partial charge in [-0.15, -0.1) is 0 Å². The molecular formula is C15H13ClN2O2. The monoisotopic (exact) mass is 288 g/mol. The minimum atomic E-state index is -0.312. The maximum atomic E-state index is 12.0. The Morgan fingerprint density at radius 1 is 1.45 bits per heavy atom. The number of carbonyl (C=O) groups is 1. The quantitative estimate of drug-likeness (QED) is 0.835. The van der Waals surface area contributed by atoms with E-state index in [1.165, 1.54) is 12.3 Å². The number of carbonyl (C=O) groups excluding carboxylic acids is 1. The van der Waals surface area contributed by atoms with E-state index in [4.69, 9.17) is 21.8 Å². The molecule has 20 heavy (non-hydrogen) atoms. The van der Waals surface area contributed by atoms with Crippen LogP contribution >= 0.6 is 11.6 Å². The minimum absolute atomic E-state index is 0.0746. The zero-order valence-corrected chi connectivity index (χ0v) is 11.6. The standard InChI is InChI=1S/C15H13ClN2O2/c1-10-9-11(3-2-7-17)4-5-13(10)18-15(19)12-6-8-20-14(12)16/h4-6,8-9H,7,17H2,1H3,(H,18,19). The predicted octanol–water partition coefficient (Wildman–Crippen LogP) is 2.80. The largest absolute Gasteiger partial charge is 0.452 e. The van der Waals surface area contributed by atoms with Crippen molar-refractivity contribution >= 4 is 23.2 Å². The summed E-state index contributed by atoms with van der Waals surface area (Å²) in [6, 6.07) is 7.02. The van der Waals surface area contributed by atoms with Gasteiger partial charge in [0.1, 0.15) is 0 Å². The van der Waals surface area contributed by atoms with Gasteiger partial charge in [0.25, 0.3) is 5.91 Å². The molecule has 0 bridgehead atoms. The van der Waals surface area contributed by atoms with Gasteiger partial charge >= 0.3 is 0 Å². The van der Waals surface area contributed by atoms with E-state index < -0.39 is 0 Å².